The van der Waals surface area contributed by atoms with E-state index in [2.05, 4.69) is 37.2 Å². The molecule has 1 amide bonds. The third kappa shape index (κ3) is 2.51. The first kappa shape index (κ1) is 12.6. The van der Waals surface area contributed by atoms with Crippen LogP contribution in [0.25, 0.3) is 12.2 Å². The first-order chi connectivity index (χ1) is 9.13. The summed E-state index contributed by atoms with van der Waals surface area (Å²) in [4.78, 5) is 12.3. The summed E-state index contributed by atoms with van der Waals surface area (Å²) in [6.45, 7) is 0. The number of anilines is 1. The zero-order chi connectivity index (χ0) is 13.4. The van der Waals surface area contributed by atoms with Gasteiger partial charge in [-0.1, -0.05) is 56.1 Å². The SMILES string of the molecule is O=C1Nc2cc(Br)ccc2/C=C\c2ccc(Br)cc21. The van der Waals surface area contributed by atoms with Gasteiger partial charge in [-0.2, -0.15) is 0 Å². The smallest absolute Gasteiger partial charge is 0.256 e. The van der Waals surface area contributed by atoms with Crippen molar-refractivity contribution < 1.29 is 4.79 Å². The van der Waals surface area contributed by atoms with Crippen molar-refractivity contribution in [3.8, 4) is 0 Å². The molecular formula is C15H9Br2NO. The molecule has 0 bridgehead atoms. The van der Waals surface area contributed by atoms with Gasteiger partial charge < -0.3 is 5.32 Å². The van der Waals surface area contributed by atoms with Gasteiger partial charge in [0.2, 0.25) is 0 Å². The number of benzene rings is 2. The van der Waals surface area contributed by atoms with Gasteiger partial charge in [-0.25, -0.2) is 0 Å². The summed E-state index contributed by atoms with van der Waals surface area (Å²) in [5.74, 6) is -0.0972. The van der Waals surface area contributed by atoms with Crippen LogP contribution in [0.15, 0.2) is 45.3 Å². The summed E-state index contributed by atoms with van der Waals surface area (Å²) in [7, 11) is 0. The van der Waals surface area contributed by atoms with Gasteiger partial charge in [-0.3, -0.25) is 4.79 Å². The number of hydrogen-bond acceptors (Lipinski definition) is 1. The van der Waals surface area contributed by atoms with E-state index >= 15 is 0 Å². The van der Waals surface area contributed by atoms with Gasteiger partial charge in [-0.15, -0.1) is 0 Å². The number of hydrogen-bond donors (Lipinski definition) is 1. The van der Waals surface area contributed by atoms with E-state index in [4.69, 9.17) is 0 Å². The van der Waals surface area contributed by atoms with E-state index in [0.717, 1.165) is 25.8 Å². The predicted octanol–water partition coefficient (Wildman–Crippen LogP) is 4.95. The quantitative estimate of drug-likeness (QED) is 0.690. The van der Waals surface area contributed by atoms with Crippen molar-refractivity contribution >= 4 is 55.6 Å². The molecule has 2 nitrogen and oxygen atoms in total. The van der Waals surface area contributed by atoms with Crippen LogP contribution in [0.5, 0.6) is 0 Å². The molecule has 0 saturated heterocycles. The molecule has 1 aliphatic heterocycles. The Morgan fingerprint density at radius 1 is 0.842 bits per heavy atom. The fourth-order valence-electron chi connectivity index (χ4n) is 2.02. The maximum Gasteiger partial charge on any atom is 0.256 e. The zero-order valence-corrected chi connectivity index (χ0v) is 13.0. The third-order valence-electron chi connectivity index (χ3n) is 2.97. The summed E-state index contributed by atoms with van der Waals surface area (Å²) in [5.41, 5.74) is 3.37. The molecule has 3 rings (SSSR count). The Balaban J connectivity index is 2.18. The maximum absolute atomic E-state index is 12.3. The van der Waals surface area contributed by atoms with E-state index in [1.807, 2.05) is 48.6 Å². The minimum Gasteiger partial charge on any atom is -0.321 e. The van der Waals surface area contributed by atoms with Crippen molar-refractivity contribution in [3.05, 3.63) is 62.0 Å². The van der Waals surface area contributed by atoms with Crippen molar-refractivity contribution in [2.24, 2.45) is 0 Å². The molecule has 0 aromatic heterocycles. The van der Waals surface area contributed by atoms with Crippen molar-refractivity contribution in [1.29, 1.82) is 0 Å². The number of amides is 1. The van der Waals surface area contributed by atoms with Gasteiger partial charge in [0.15, 0.2) is 0 Å². The minimum atomic E-state index is -0.0972. The fraction of sp³-hybridized carbons (Fsp3) is 0. The average molecular weight is 379 g/mol. The number of halogens is 2. The van der Waals surface area contributed by atoms with Crippen LogP contribution in [-0.2, 0) is 0 Å². The first-order valence-corrected chi connectivity index (χ1v) is 7.30. The van der Waals surface area contributed by atoms with Gasteiger partial charge in [0.05, 0.1) is 0 Å². The lowest BCUT2D eigenvalue weighted by Crippen LogP contribution is -2.15. The third-order valence-corrected chi connectivity index (χ3v) is 3.95. The van der Waals surface area contributed by atoms with Crippen LogP contribution in [0.3, 0.4) is 0 Å². The number of carbonyl (C=O) groups excluding carboxylic acids is 1. The van der Waals surface area contributed by atoms with Crippen LogP contribution in [0, 0.1) is 0 Å². The maximum atomic E-state index is 12.3. The number of fused-ring (bicyclic) bond motifs is 2. The molecule has 2 aromatic carbocycles. The first-order valence-electron chi connectivity index (χ1n) is 5.72. The highest BCUT2D eigenvalue weighted by Gasteiger charge is 2.14. The Labute approximate surface area is 127 Å². The summed E-state index contributed by atoms with van der Waals surface area (Å²) >= 11 is 6.81. The van der Waals surface area contributed by atoms with Crippen LogP contribution in [0.1, 0.15) is 21.5 Å². The van der Waals surface area contributed by atoms with Crippen molar-refractivity contribution in [1.82, 2.24) is 0 Å². The predicted molar refractivity (Wildman–Crippen MR) is 85.2 cm³/mol. The van der Waals surface area contributed by atoms with Gasteiger partial charge >= 0.3 is 0 Å². The number of carbonyl (C=O) groups is 1. The normalized spacial score (nSPS) is 14.7. The average Bonchev–Trinajstić information content (AvgIpc) is 2.37. The van der Waals surface area contributed by atoms with Crippen LogP contribution in [0.4, 0.5) is 5.69 Å². The lowest BCUT2D eigenvalue weighted by molar-refractivity contribution is 0.102. The standard InChI is InChI=1S/C15H9Br2NO/c16-11-5-3-9-1-2-10-4-6-12(17)8-14(10)18-15(19)13(9)7-11/h1-8H,(H,18,19). The van der Waals surface area contributed by atoms with Crippen molar-refractivity contribution in [2.45, 2.75) is 0 Å². The number of nitrogens with one attached hydrogen (secondary N) is 1. The van der Waals surface area contributed by atoms with E-state index in [0.29, 0.717) is 5.56 Å². The van der Waals surface area contributed by atoms with E-state index in [9.17, 15) is 4.79 Å². The topological polar surface area (TPSA) is 29.1 Å². The van der Waals surface area contributed by atoms with Crippen molar-refractivity contribution in [3.63, 3.8) is 0 Å². The lowest BCUT2D eigenvalue weighted by Gasteiger charge is -2.14. The summed E-state index contributed by atoms with van der Waals surface area (Å²) in [5, 5.41) is 2.95. The molecule has 94 valence electrons. The second-order valence-electron chi connectivity index (χ2n) is 4.25. The van der Waals surface area contributed by atoms with Crippen LogP contribution < -0.4 is 5.32 Å². The summed E-state index contributed by atoms with van der Waals surface area (Å²) < 4.78 is 1.83. The van der Waals surface area contributed by atoms with Gasteiger partial charge in [-0.05, 0) is 35.4 Å². The lowest BCUT2D eigenvalue weighted by atomic mass is 10.0. The van der Waals surface area contributed by atoms with Crippen LogP contribution >= 0.6 is 31.9 Å². The second kappa shape index (κ2) is 4.94. The Morgan fingerprint density at radius 2 is 1.47 bits per heavy atom. The highest BCUT2D eigenvalue weighted by Crippen LogP contribution is 2.28. The largest absolute Gasteiger partial charge is 0.321 e. The Bertz CT molecular complexity index is 707. The van der Waals surface area contributed by atoms with Gasteiger partial charge in [0, 0.05) is 20.2 Å². The molecule has 0 radical (unpaired) electrons. The summed E-state index contributed by atoms with van der Waals surface area (Å²) in [6, 6.07) is 11.5. The molecule has 19 heavy (non-hydrogen) atoms. The van der Waals surface area contributed by atoms with E-state index in [1.54, 1.807) is 0 Å². The van der Waals surface area contributed by atoms with E-state index < -0.39 is 0 Å². The van der Waals surface area contributed by atoms with Crippen LogP contribution in [-0.4, -0.2) is 5.91 Å². The molecule has 0 fully saturated rings. The zero-order valence-electron chi connectivity index (χ0n) is 9.78. The Kier molecular flexibility index (Phi) is 3.29. The Hall–Kier alpha value is -1.39. The Morgan fingerprint density at radius 3 is 2.26 bits per heavy atom. The highest BCUT2D eigenvalue weighted by molar-refractivity contribution is 9.10. The van der Waals surface area contributed by atoms with E-state index in [1.165, 1.54) is 0 Å². The van der Waals surface area contributed by atoms with Crippen LogP contribution in [0.2, 0.25) is 0 Å². The minimum absolute atomic E-state index is 0.0972. The second-order valence-corrected chi connectivity index (χ2v) is 6.08. The molecule has 0 unspecified atom stereocenters. The molecule has 0 atom stereocenters. The molecular weight excluding hydrogens is 370 g/mol. The molecule has 0 saturated carbocycles. The number of rotatable bonds is 0. The van der Waals surface area contributed by atoms with E-state index in [-0.39, 0.29) is 5.91 Å². The monoisotopic (exact) mass is 377 g/mol. The molecule has 1 heterocycles. The summed E-state index contributed by atoms with van der Waals surface area (Å²) in [6.07, 6.45) is 3.97. The molecule has 0 spiro atoms. The molecule has 4 heteroatoms. The van der Waals surface area contributed by atoms with Crippen molar-refractivity contribution in [2.75, 3.05) is 5.32 Å². The van der Waals surface area contributed by atoms with Gasteiger partial charge in [0.1, 0.15) is 0 Å². The fourth-order valence-corrected chi connectivity index (χ4v) is 2.74. The highest BCUT2D eigenvalue weighted by atomic mass is 79.9. The molecule has 2 aromatic rings. The molecule has 0 aliphatic carbocycles. The molecule has 1 aliphatic rings. The van der Waals surface area contributed by atoms with Gasteiger partial charge in [0.25, 0.3) is 5.91 Å². The molecule has 1 N–H and O–H groups in total.